The van der Waals surface area contributed by atoms with Crippen molar-refractivity contribution in [2.75, 3.05) is 11.4 Å². The molecule has 1 aromatic carbocycles. The van der Waals surface area contributed by atoms with E-state index in [1.807, 2.05) is 18.3 Å². The summed E-state index contributed by atoms with van der Waals surface area (Å²) in [6, 6.07) is 9.06. The van der Waals surface area contributed by atoms with Gasteiger partial charge >= 0.3 is 5.97 Å². The van der Waals surface area contributed by atoms with Gasteiger partial charge in [-0.2, -0.15) is 0 Å². The van der Waals surface area contributed by atoms with Crippen molar-refractivity contribution < 1.29 is 19.0 Å². The predicted molar refractivity (Wildman–Crippen MR) is 126 cm³/mol. The number of aliphatic carboxylic acids is 1. The fourth-order valence-electron chi connectivity index (χ4n) is 6.13. The zero-order valence-corrected chi connectivity index (χ0v) is 19.0. The number of nitrogens with zero attached hydrogens (tertiary/aromatic N) is 3. The molecule has 34 heavy (non-hydrogen) atoms. The van der Waals surface area contributed by atoms with Crippen LogP contribution in [-0.4, -0.2) is 50.8 Å². The van der Waals surface area contributed by atoms with Crippen LogP contribution in [0.15, 0.2) is 36.5 Å². The lowest BCUT2D eigenvalue weighted by Gasteiger charge is -2.36. The number of carbonyl (C=O) groups is 1. The topological polar surface area (TPSA) is 91.3 Å². The maximum atomic E-state index is 13.5. The van der Waals surface area contributed by atoms with Crippen LogP contribution in [-0.2, 0) is 9.53 Å². The molecular weight excluding hydrogens is 435 g/mol. The maximum absolute atomic E-state index is 13.5. The van der Waals surface area contributed by atoms with Gasteiger partial charge in [0.05, 0.1) is 23.2 Å². The van der Waals surface area contributed by atoms with Gasteiger partial charge in [0.2, 0.25) is 0 Å². The van der Waals surface area contributed by atoms with Crippen LogP contribution >= 0.6 is 0 Å². The second kappa shape index (κ2) is 8.65. The van der Waals surface area contributed by atoms with E-state index in [0.29, 0.717) is 35.3 Å². The average Bonchev–Trinajstić information content (AvgIpc) is 3.54. The summed E-state index contributed by atoms with van der Waals surface area (Å²) in [5.74, 6) is 1.52. The average molecular weight is 465 g/mol. The maximum Gasteiger partial charge on any atom is 0.303 e. The van der Waals surface area contributed by atoms with Crippen molar-refractivity contribution in [3.63, 3.8) is 0 Å². The van der Waals surface area contributed by atoms with E-state index >= 15 is 0 Å². The lowest BCUT2D eigenvalue weighted by Crippen LogP contribution is -2.40. The van der Waals surface area contributed by atoms with Gasteiger partial charge in [-0.15, -0.1) is 0 Å². The number of nitrogens with one attached hydrogen (secondary N) is 1. The third-order valence-electron chi connectivity index (χ3n) is 7.86. The Bertz CT molecular complexity index is 1190. The quantitative estimate of drug-likeness (QED) is 0.546. The number of aromatic amines is 1. The van der Waals surface area contributed by atoms with Gasteiger partial charge in [0, 0.05) is 36.7 Å². The zero-order valence-electron chi connectivity index (χ0n) is 19.0. The number of rotatable bonds is 6. The van der Waals surface area contributed by atoms with Crippen LogP contribution in [0.4, 0.5) is 10.2 Å². The number of aromatic nitrogens is 3. The molecule has 3 atom stereocenters. The molecule has 2 aromatic heterocycles. The molecular formula is C26H29FN4O3. The zero-order chi connectivity index (χ0) is 23.2. The van der Waals surface area contributed by atoms with Gasteiger partial charge in [-0.25, -0.2) is 14.4 Å². The molecule has 3 heterocycles. The molecule has 7 nitrogen and oxygen atoms in total. The number of anilines is 1. The molecule has 0 amide bonds. The molecule has 2 saturated carbocycles. The number of ether oxygens (including phenoxy) is 1. The normalized spacial score (nSPS) is 28.6. The molecule has 1 saturated heterocycles. The fourth-order valence-corrected chi connectivity index (χ4v) is 6.13. The molecule has 178 valence electrons. The van der Waals surface area contributed by atoms with E-state index < -0.39 is 5.97 Å². The molecule has 3 aliphatic rings. The van der Waals surface area contributed by atoms with Gasteiger partial charge in [-0.1, -0.05) is 0 Å². The Morgan fingerprint density at radius 3 is 2.74 bits per heavy atom. The van der Waals surface area contributed by atoms with Crippen LogP contribution in [0.1, 0.15) is 44.9 Å². The molecule has 2 bridgehead atoms. The number of halogens is 1. The largest absolute Gasteiger partial charge is 0.481 e. The minimum atomic E-state index is -0.688. The minimum absolute atomic E-state index is 0.275. The first-order chi connectivity index (χ1) is 16.5. The van der Waals surface area contributed by atoms with E-state index in [9.17, 15) is 9.18 Å². The van der Waals surface area contributed by atoms with Crippen molar-refractivity contribution in [1.82, 2.24) is 15.0 Å². The smallest absolute Gasteiger partial charge is 0.303 e. The summed E-state index contributed by atoms with van der Waals surface area (Å²) in [5, 5.41) is 9.01. The van der Waals surface area contributed by atoms with E-state index in [4.69, 9.17) is 14.8 Å². The fraction of sp³-hybridized carbons (Fsp3) is 0.500. The molecule has 3 fully saturated rings. The standard InChI is InChI=1S/C26H29FN4O3/c27-18-4-7-21-22(11-18)30-26(29-21)16-3-8-24(28-13-16)31-14-17-10-19(31)12-23(17)34-20-5-1-15(2-6-20)9-25(32)33/h3-4,7-8,11,13,15,17,19-20,23H,1-2,5-6,9-10,12,14H2,(H,29,30)(H,32,33)/t15?,17-,19-,20?,23+/m1/s1. The summed E-state index contributed by atoms with van der Waals surface area (Å²) < 4.78 is 20.0. The summed E-state index contributed by atoms with van der Waals surface area (Å²) in [6.45, 7) is 0.958. The first kappa shape index (κ1) is 21.5. The molecule has 3 aromatic rings. The van der Waals surface area contributed by atoms with Gasteiger partial charge in [0.25, 0.3) is 0 Å². The first-order valence-corrected chi connectivity index (χ1v) is 12.3. The summed E-state index contributed by atoms with van der Waals surface area (Å²) in [4.78, 5) is 25.8. The molecule has 0 unspecified atom stereocenters. The van der Waals surface area contributed by atoms with Gasteiger partial charge in [0.1, 0.15) is 17.5 Å². The van der Waals surface area contributed by atoms with Crippen molar-refractivity contribution in [3.05, 3.63) is 42.3 Å². The van der Waals surface area contributed by atoms with Crippen LogP contribution in [0, 0.1) is 17.7 Å². The van der Waals surface area contributed by atoms with Gasteiger partial charge < -0.3 is 19.7 Å². The van der Waals surface area contributed by atoms with E-state index in [0.717, 1.165) is 62.0 Å². The number of carboxylic acids is 1. The molecule has 2 N–H and O–H groups in total. The van der Waals surface area contributed by atoms with Crippen molar-refractivity contribution in [1.29, 1.82) is 0 Å². The number of piperidine rings is 1. The first-order valence-electron chi connectivity index (χ1n) is 12.3. The number of benzene rings is 1. The molecule has 0 spiro atoms. The number of hydrogen-bond acceptors (Lipinski definition) is 5. The predicted octanol–water partition coefficient (Wildman–Crippen LogP) is 4.78. The van der Waals surface area contributed by atoms with E-state index in [-0.39, 0.29) is 18.3 Å². The van der Waals surface area contributed by atoms with Gasteiger partial charge in [-0.05, 0) is 74.8 Å². The number of H-pyrrole nitrogens is 1. The minimum Gasteiger partial charge on any atom is -0.481 e. The molecule has 6 rings (SSSR count). The number of carboxylic acid groups (broad SMARTS) is 1. The Kier molecular flexibility index (Phi) is 5.48. The van der Waals surface area contributed by atoms with Gasteiger partial charge in [-0.3, -0.25) is 4.79 Å². The molecule has 1 aliphatic heterocycles. The van der Waals surface area contributed by atoms with Crippen LogP contribution in [0.5, 0.6) is 0 Å². The third kappa shape index (κ3) is 4.15. The van der Waals surface area contributed by atoms with Crippen LogP contribution < -0.4 is 4.90 Å². The Balaban J connectivity index is 1.06. The highest BCUT2D eigenvalue weighted by molar-refractivity contribution is 5.79. The summed E-state index contributed by atoms with van der Waals surface area (Å²) in [6.07, 6.45) is 8.74. The van der Waals surface area contributed by atoms with Crippen LogP contribution in [0.3, 0.4) is 0 Å². The Labute approximate surface area is 197 Å². The van der Waals surface area contributed by atoms with Gasteiger partial charge in [0.15, 0.2) is 0 Å². The Morgan fingerprint density at radius 2 is 2.03 bits per heavy atom. The number of pyridine rings is 1. The molecule has 2 aliphatic carbocycles. The summed E-state index contributed by atoms with van der Waals surface area (Å²) in [7, 11) is 0. The summed E-state index contributed by atoms with van der Waals surface area (Å²) >= 11 is 0. The van der Waals surface area contributed by atoms with E-state index in [2.05, 4.69) is 14.9 Å². The van der Waals surface area contributed by atoms with Crippen LogP contribution in [0.2, 0.25) is 0 Å². The summed E-state index contributed by atoms with van der Waals surface area (Å²) in [5.41, 5.74) is 2.29. The van der Waals surface area contributed by atoms with Crippen LogP contribution in [0.25, 0.3) is 22.4 Å². The van der Waals surface area contributed by atoms with Crippen molar-refractivity contribution in [2.45, 2.75) is 63.2 Å². The highest BCUT2D eigenvalue weighted by atomic mass is 19.1. The SMILES string of the molecule is O=C(O)CC1CCC(O[C@H]2C[C@H]3C[C@@H]2CN3c2ccc(-c3nc4ccc(F)cc4[nH]3)cn2)CC1. The lowest BCUT2D eigenvalue weighted by molar-refractivity contribution is -0.138. The van der Waals surface area contributed by atoms with E-state index in [1.165, 1.54) is 12.1 Å². The third-order valence-corrected chi connectivity index (χ3v) is 7.86. The Morgan fingerprint density at radius 1 is 1.18 bits per heavy atom. The monoisotopic (exact) mass is 464 g/mol. The molecule has 8 heteroatoms. The van der Waals surface area contributed by atoms with E-state index in [1.54, 1.807) is 6.07 Å². The second-order valence-electron chi connectivity index (χ2n) is 10.1. The van der Waals surface area contributed by atoms with Crippen molar-refractivity contribution in [2.24, 2.45) is 11.8 Å². The highest BCUT2D eigenvalue weighted by Crippen LogP contribution is 2.43. The lowest BCUT2D eigenvalue weighted by atomic mass is 9.85. The number of imidazole rings is 1. The second-order valence-corrected chi connectivity index (χ2v) is 10.1. The molecule has 0 radical (unpaired) electrons. The number of hydrogen-bond donors (Lipinski definition) is 2. The van der Waals surface area contributed by atoms with Crippen molar-refractivity contribution in [3.8, 4) is 11.4 Å². The number of fused-ring (bicyclic) bond motifs is 3. The van der Waals surface area contributed by atoms with Crippen molar-refractivity contribution >= 4 is 22.8 Å². The highest BCUT2D eigenvalue weighted by Gasteiger charge is 2.46. The Hall–Kier alpha value is -3.00.